The van der Waals surface area contributed by atoms with E-state index < -0.39 is 0 Å². The molecule has 1 N–H and O–H groups in total. The Kier molecular flexibility index (Phi) is 5.94. The van der Waals surface area contributed by atoms with Gasteiger partial charge in [-0.05, 0) is 40.4 Å². The Labute approximate surface area is 130 Å². The molecule has 2 aromatic rings. The summed E-state index contributed by atoms with van der Waals surface area (Å²) in [5.74, 6) is 0. The molecule has 0 aliphatic carbocycles. The van der Waals surface area contributed by atoms with Gasteiger partial charge >= 0.3 is 0 Å². The summed E-state index contributed by atoms with van der Waals surface area (Å²) in [6, 6.07) is 12.1. The molecule has 110 valence electrons. The molecule has 2 rings (SSSR count). The molecule has 1 atom stereocenters. The number of rotatable bonds is 7. The average molecular weight is 300 g/mol. The predicted octanol–water partition coefficient (Wildman–Crippen LogP) is 3.39. The smallest absolute Gasteiger partial charge is 0.0995 e. The Bertz CT molecular complexity index is 585. The lowest BCUT2D eigenvalue weighted by molar-refractivity contribution is 0.107. The van der Waals surface area contributed by atoms with E-state index in [9.17, 15) is 10.4 Å². The lowest BCUT2D eigenvalue weighted by Crippen LogP contribution is -2.36. The van der Waals surface area contributed by atoms with E-state index in [4.69, 9.17) is 0 Å². The van der Waals surface area contributed by atoms with E-state index in [2.05, 4.69) is 34.7 Å². The van der Waals surface area contributed by atoms with Crippen molar-refractivity contribution < 1.29 is 5.11 Å². The molecule has 0 aliphatic rings. The van der Waals surface area contributed by atoms with E-state index in [0.29, 0.717) is 12.1 Å². The summed E-state index contributed by atoms with van der Waals surface area (Å²) in [6.45, 7) is 3.69. The minimum atomic E-state index is 0.108. The molecule has 0 bridgehead atoms. The van der Waals surface area contributed by atoms with Crippen LogP contribution in [0.1, 0.15) is 30.0 Å². The van der Waals surface area contributed by atoms with Gasteiger partial charge in [0, 0.05) is 19.1 Å². The molecule has 0 saturated carbocycles. The summed E-state index contributed by atoms with van der Waals surface area (Å²) >= 11 is 1.68. The molecule has 21 heavy (non-hydrogen) atoms. The van der Waals surface area contributed by atoms with Gasteiger partial charge in [0.15, 0.2) is 0 Å². The third-order valence-electron chi connectivity index (χ3n) is 3.68. The molecule has 4 heteroatoms. The van der Waals surface area contributed by atoms with Gasteiger partial charge in [-0.3, -0.25) is 4.90 Å². The van der Waals surface area contributed by atoms with Crippen molar-refractivity contribution in [3.63, 3.8) is 0 Å². The van der Waals surface area contributed by atoms with E-state index in [1.807, 2.05) is 24.3 Å². The molecule has 0 amide bonds. The van der Waals surface area contributed by atoms with Crippen LogP contribution < -0.4 is 0 Å². The van der Waals surface area contributed by atoms with Crippen molar-refractivity contribution in [1.82, 2.24) is 4.90 Å². The first-order valence-electron chi connectivity index (χ1n) is 7.12. The summed E-state index contributed by atoms with van der Waals surface area (Å²) in [4.78, 5) is 2.25. The second-order valence-corrected chi connectivity index (χ2v) is 5.83. The van der Waals surface area contributed by atoms with Gasteiger partial charge in [-0.2, -0.15) is 16.6 Å². The number of aliphatic hydroxyl groups excluding tert-OH is 1. The van der Waals surface area contributed by atoms with Gasteiger partial charge in [-0.25, -0.2) is 0 Å². The molecular weight excluding hydrogens is 280 g/mol. The van der Waals surface area contributed by atoms with Crippen LogP contribution in [-0.2, 0) is 13.1 Å². The summed E-state index contributed by atoms with van der Waals surface area (Å²) < 4.78 is 0. The predicted molar refractivity (Wildman–Crippen MR) is 85.9 cm³/mol. The van der Waals surface area contributed by atoms with E-state index in [0.717, 1.165) is 18.5 Å². The molecule has 1 aromatic carbocycles. The summed E-state index contributed by atoms with van der Waals surface area (Å²) in [7, 11) is 0. The maximum Gasteiger partial charge on any atom is 0.0995 e. The number of aliphatic hydroxyl groups is 1. The molecule has 0 spiro atoms. The second-order valence-electron chi connectivity index (χ2n) is 5.05. The first-order valence-corrected chi connectivity index (χ1v) is 8.06. The summed E-state index contributed by atoms with van der Waals surface area (Å²) in [5, 5.41) is 23.0. The zero-order valence-corrected chi connectivity index (χ0v) is 13.0. The van der Waals surface area contributed by atoms with Crippen LogP contribution in [0.3, 0.4) is 0 Å². The van der Waals surface area contributed by atoms with Crippen LogP contribution in [0.25, 0.3) is 0 Å². The third-order valence-corrected chi connectivity index (χ3v) is 4.41. The Morgan fingerprint density at radius 1 is 1.29 bits per heavy atom. The van der Waals surface area contributed by atoms with Crippen LogP contribution in [-0.4, -0.2) is 22.7 Å². The Hall–Kier alpha value is -1.67. The van der Waals surface area contributed by atoms with Gasteiger partial charge in [0.1, 0.15) is 0 Å². The molecule has 1 aromatic heterocycles. The van der Waals surface area contributed by atoms with Crippen molar-refractivity contribution in [2.75, 3.05) is 6.61 Å². The van der Waals surface area contributed by atoms with Crippen LogP contribution in [0, 0.1) is 11.3 Å². The molecule has 3 nitrogen and oxygen atoms in total. The number of nitriles is 1. The summed E-state index contributed by atoms with van der Waals surface area (Å²) in [5.41, 5.74) is 2.98. The fraction of sp³-hybridized carbons (Fsp3) is 0.353. The molecule has 0 unspecified atom stereocenters. The lowest BCUT2D eigenvalue weighted by atomic mass is 10.1. The third kappa shape index (κ3) is 4.15. The van der Waals surface area contributed by atoms with Crippen molar-refractivity contribution in [2.45, 2.75) is 32.5 Å². The fourth-order valence-corrected chi connectivity index (χ4v) is 3.08. The highest BCUT2D eigenvalue weighted by molar-refractivity contribution is 7.07. The molecule has 0 saturated heterocycles. The van der Waals surface area contributed by atoms with Crippen molar-refractivity contribution in [3.8, 4) is 6.07 Å². The number of thiophene rings is 1. The molecule has 0 aliphatic heterocycles. The zero-order chi connectivity index (χ0) is 15.1. The largest absolute Gasteiger partial charge is 0.395 e. The van der Waals surface area contributed by atoms with E-state index in [1.165, 1.54) is 5.56 Å². The normalized spacial score (nSPS) is 12.3. The van der Waals surface area contributed by atoms with E-state index in [1.54, 1.807) is 11.3 Å². The Morgan fingerprint density at radius 2 is 2.10 bits per heavy atom. The standard InChI is InChI=1S/C17H20N2OS/c1-2-17(12-20)19(10-14-7-8-21-13-14)11-16-6-4-3-5-15(16)9-18/h3-8,13,17,20H,2,10-12H2,1H3/t17-/m1/s1. The quantitative estimate of drug-likeness (QED) is 0.852. The molecule has 0 radical (unpaired) electrons. The second kappa shape index (κ2) is 7.94. The molecule has 1 heterocycles. The maximum atomic E-state index is 9.63. The van der Waals surface area contributed by atoms with Crippen LogP contribution in [0.5, 0.6) is 0 Å². The Morgan fingerprint density at radius 3 is 2.71 bits per heavy atom. The van der Waals surface area contributed by atoms with Gasteiger partial charge in [-0.15, -0.1) is 0 Å². The SMILES string of the molecule is CC[C@H](CO)N(Cc1ccsc1)Cc1ccccc1C#N. The first-order chi connectivity index (χ1) is 10.3. The highest BCUT2D eigenvalue weighted by Crippen LogP contribution is 2.18. The number of hydrogen-bond donors (Lipinski definition) is 1. The minimum Gasteiger partial charge on any atom is -0.395 e. The van der Waals surface area contributed by atoms with E-state index >= 15 is 0 Å². The highest BCUT2D eigenvalue weighted by Gasteiger charge is 2.18. The average Bonchev–Trinajstić information content (AvgIpc) is 3.02. The van der Waals surface area contributed by atoms with Crippen molar-refractivity contribution >= 4 is 11.3 Å². The fourth-order valence-electron chi connectivity index (χ4n) is 2.42. The Balaban J connectivity index is 2.21. The van der Waals surface area contributed by atoms with Gasteiger partial charge in [0.25, 0.3) is 0 Å². The lowest BCUT2D eigenvalue weighted by Gasteiger charge is -2.30. The van der Waals surface area contributed by atoms with Gasteiger partial charge < -0.3 is 5.11 Å². The molecule has 0 fully saturated rings. The minimum absolute atomic E-state index is 0.108. The zero-order valence-electron chi connectivity index (χ0n) is 12.2. The van der Waals surface area contributed by atoms with Gasteiger partial charge in [0.2, 0.25) is 0 Å². The van der Waals surface area contributed by atoms with Crippen LogP contribution in [0.2, 0.25) is 0 Å². The maximum absolute atomic E-state index is 9.63. The highest BCUT2D eigenvalue weighted by atomic mass is 32.1. The number of hydrogen-bond acceptors (Lipinski definition) is 4. The summed E-state index contributed by atoms with van der Waals surface area (Å²) in [6.07, 6.45) is 0.884. The van der Waals surface area contributed by atoms with Crippen molar-refractivity contribution in [1.29, 1.82) is 5.26 Å². The molecular formula is C17H20N2OS. The van der Waals surface area contributed by atoms with Gasteiger partial charge in [-0.1, -0.05) is 25.1 Å². The number of benzene rings is 1. The topological polar surface area (TPSA) is 47.3 Å². The van der Waals surface area contributed by atoms with Crippen LogP contribution in [0.4, 0.5) is 0 Å². The van der Waals surface area contributed by atoms with E-state index in [-0.39, 0.29) is 12.6 Å². The van der Waals surface area contributed by atoms with Crippen LogP contribution in [0.15, 0.2) is 41.1 Å². The van der Waals surface area contributed by atoms with Crippen LogP contribution >= 0.6 is 11.3 Å². The first kappa shape index (κ1) is 15.7. The monoisotopic (exact) mass is 300 g/mol. The van der Waals surface area contributed by atoms with Crippen molar-refractivity contribution in [2.24, 2.45) is 0 Å². The number of nitrogens with zero attached hydrogens (tertiary/aromatic N) is 2. The van der Waals surface area contributed by atoms with Gasteiger partial charge in [0.05, 0.1) is 18.2 Å². The van der Waals surface area contributed by atoms with Crippen molar-refractivity contribution in [3.05, 3.63) is 57.8 Å².